The van der Waals surface area contributed by atoms with Crippen LogP contribution in [0.15, 0.2) is 0 Å². The summed E-state index contributed by atoms with van der Waals surface area (Å²) in [5, 5.41) is 19.3. The molecular weight excluding hydrogens is 220 g/mol. The van der Waals surface area contributed by atoms with Crippen molar-refractivity contribution >= 4 is 5.97 Å². The second-order valence-corrected chi connectivity index (χ2v) is 3.37. The molecule has 0 amide bonds. The highest BCUT2D eigenvalue weighted by molar-refractivity contribution is 5.75. The summed E-state index contributed by atoms with van der Waals surface area (Å²) in [5.74, 6) is -0.695. The third-order valence-electron chi connectivity index (χ3n) is 2.48. The molecule has 0 aromatic heterocycles. The van der Waals surface area contributed by atoms with Gasteiger partial charge in [0.1, 0.15) is 18.3 Å². The number of rotatable bonds is 3. The van der Waals surface area contributed by atoms with E-state index in [4.69, 9.17) is 14.2 Å². The lowest BCUT2D eigenvalue weighted by atomic mass is 9.99. The number of esters is 1. The van der Waals surface area contributed by atoms with Gasteiger partial charge in [-0.05, 0) is 0 Å². The van der Waals surface area contributed by atoms with Crippen LogP contribution in [0.4, 0.5) is 0 Å². The van der Waals surface area contributed by atoms with E-state index in [0.29, 0.717) is 0 Å². The summed E-state index contributed by atoms with van der Waals surface area (Å²) in [6.45, 7) is 0. The topological polar surface area (TPSA) is 94.5 Å². The minimum Gasteiger partial charge on any atom is -0.467 e. The average molecular weight is 236 g/mol. The lowest BCUT2D eigenvalue weighted by Crippen LogP contribution is -2.60. The molecule has 0 saturated carbocycles. The molecule has 0 unspecified atom stereocenters. The number of aliphatic hydroxyl groups is 2. The molecule has 1 rings (SSSR count). The van der Waals surface area contributed by atoms with Crippen LogP contribution in [0.3, 0.4) is 0 Å². The zero-order valence-electron chi connectivity index (χ0n) is 9.32. The average Bonchev–Trinajstić information content (AvgIpc) is 2.31. The van der Waals surface area contributed by atoms with Crippen molar-refractivity contribution in [1.82, 2.24) is 0 Å². The first-order valence-corrected chi connectivity index (χ1v) is 4.71. The van der Waals surface area contributed by atoms with Gasteiger partial charge >= 0.3 is 5.97 Å². The van der Waals surface area contributed by atoms with E-state index in [1.165, 1.54) is 21.3 Å². The van der Waals surface area contributed by atoms with Crippen LogP contribution >= 0.6 is 0 Å². The molecule has 0 radical (unpaired) electrons. The molecule has 0 bridgehead atoms. The van der Waals surface area contributed by atoms with E-state index in [2.05, 4.69) is 4.74 Å². The minimum absolute atomic E-state index is 0.695. The first-order chi connectivity index (χ1) is 7.56. The van der Waals surface area contributed by atoms with Gasteiger partial charge in [-0.2, -0.15) is 0 Å². The molecule has 1 fully saturated rings. The van der Waals surface area contributed by atoms with Crippen LogP contribution in [-0.2, 0) is 23.7 Å². The van der Waals surface area contributed by atoms with Gasteiger partial charge in [0.05, 0.1) is 7.11 Å². The normalized spacial score (nSPS) is 39.4. The van der Waals surface area contributed by atoms with E-state index in [-0.39, 0.29) is 0 Å². The Labute approximate surface area is 92.9 Å². The molecule has 0 aromatic carbocycles. The second kappa shape index (κ2) is 5.55. The van der Waals surface area contributed by atoms with Crippen molar-refractivity contribution in [3.63, 3.8) is 0 Å². The van der Waals surface area contributed by atoms with E-state index in [1.54, 1.807) is 0 Å². The summed E-state index contributed by atoms with van der Waals surface area (Å²) in [6, 6.07) is 0. The van der Waals surface area contributed by atoms with Gasteiger partial charge in [-0.15, -0.1) is 0 Å². The smallest absolute Gasteiger partial charge is 0.337 e. The van der Waals surface area contributed by atoms with Crippen molar-refractivity contribution in [1.29, 1.82) is 0 Å². The third kappa shape index (κ3) is 2.33. The molecule has 1 aliphatic heterocycles. The highest BCUT2D eigenvalue weighted by atomic mass is 16.7. The fourth-order valence-electron chi connectivity index (χ4n) is 1.60. The predicted octanol–water partition coefficient (Wildman–Crippen LogP) is -1.73. The largest absolute Gasteiger partial charge is 0.467 e. The SMILES string of the molecule is COC(=O)[C@H]1O[C@H](OC)[C@@H](O)[C@@H](O)[C@@H]1OC. The molecule has 0 aromatic rings. The minimum atomic E-state index is -1.28. The van der Waals surface area contributed by atoms with Crippen LogP contribution in [0.1, 0.15) is 0 Å². The van der Waals surface area contributed by atoms with E-state index in [1.807, 2.05) is 0 Å². The van der Waals surface area contributed by atoms with Crippen LogP contribution in [0.5, 0.6) is 0 Å². The third-order valence-corrected chi connectivity index (χ3v) is 2.48. The number of ether oxygens (including phenoxy) is 4. The van der Waals surface area contributed by atoms with Gasteiger partial charge in [0.25, 0.3) is 0 Å². The van der Waals surface area contributed by atoms with Gasteiger partial charge < -0.3 is 29.2 Å². The fraction of sp³-hybridized carbons (Fsp3) is 0.889. The molecule has 0 aliphatic carbocycles. The van der Waals surface area contributed by atoms with Gasteiger partial charge in [0, 0.05) is 14.2 Å². The summed E-state index contributed by atoms with van der Waals surface area (Å²) < 4.78 is 19.4. The standard InChI is InChI=1S/C9H16O7/c1-13-6-4(10)5(11)9(15-3)16-7(6)8(12)14-2/h4-7,9-11H,1-3H3/t4-,5+,6+,7+,9+/m1/s1. The molecule has 2 N–H and O–H groups in total. The Balaban J connectivity index is 2.85. The van der Waals surface area contributed by atoms with Crippen molar-refractivity contribution in [2.45, 2.75) is 30.7 Å². The molecule has 7 nitrogen and oxygen atoms in total. The Morgan fingerprint density at radius 2 is 1.75 bits per heavy atom. The van der Waals surface area contributed by atoms with E-state index in [9.17, 15) is 15.0 Å². The monoisotopic (exact) mass is 236 g/mol. The summed E-state index contributed by atoms with van der Waals surface area (Å²) in [4.78, 5) is 11.4. The number of hydrogen-bond acceptors (Lipinski definition) is 7. The summed E-state index contributed by atoms with van der Waals surface area (Å²) >= 11 is 0. The second-order valence-electron chi connectivity index (χ2n) is 3.37. The van der Waals surface area contributed by atoms with Gasteiger partial charge in [-0.25, -0.2) is 4.79 Å². The molecule has 5 atom stereocenters. The van der Waals surface area contributed by atoms with Crippen molar-refractivity contribution in [2.24, 2.45) is 0 Å². The zero-order valence-corrected chi connectivity index (χ0v) is 9.32. The van der Waals surface area contributed by atoms with Crippen LogP contribution in [-0.4, -0.2) is 68.2 Å². The zero-order chi connectivity index (χ0) is 12.3. The van der Waals surface area contributed by atoms with Gasteiger partial charge in [-0.3, -0.25) is 0 Å². The Morgan fingerprint density at radius 3 is 2.19 bits per heavy atom. The Kier molecular flexibility index (Phi) is 4.63. The van der Waals surface area contributed by atoms with Crippen LogP contribution < -0.4 is 0 Å². The number of hydrogen-bond donors (Lipinski definition) is 2. The summed E-state index contributed by atoms with van der Waals surface area (Å²) in [6.07, 6.45) is -5.78. The number of carbonyl (C=O) groups excluding carboxylic acids is 1. The van der Waals surface area contributed by atoms with Crippen LogP contribution in [0, 0.1) is 0 Å². The van der Waals surface area contributed by atoms with Crippen molar-refractivity contribution in [3.8, 4) is 0 Å². The van der Waals surface area contributed by atoms with Crippen molar-refractivity contribution < 1.29 is 34.0 Å². The maximum atomic E-state index is 11.4. The van der Waals surface area contributed by atoms with Gasteiger partial charge in [-0.1, -0.05) is 0 Å². The summed E-state index contributed by atoms with van der Waals surface area (Å²) in [5.41, 5.74) is 0. The highest BCUT2D eigenvalue weighted by Crippen LogP contribution is 2.24. The molecule has 94 valence electrons. The lowest BCUT2D eigenvalue weighted by molar-refractivity contribution is -0.291. The van der Waals surface area contributed by atoms with E-state index in [0.717, 1.165) is 0 Å². The van der Waals surface area contributed by atoms with E-state index < -0.39 is 36.7 Å². The lowest BCUT2D eigenvalue weighted by Gasteiger charge is -2.39. The van der Waals surface area contributed by atoms with Crippen LogP contribution in [0.25, 0.3) is 0 Å². The molecule has 1 heterocycles. The highest BCUT2D eigenvalue weighted by Gasteiger charge is 2.48. The molecule has 7 heteroatoms. The van der Waals surface area contributed by atoms with E-state index >= 15 is 0 Å². The predicted molar refractivity (Wildman–Crippen MR) is 50.5 cm³/mol. The Bertz CT molecular complexity index is 244. The van der Waals surface area contributed by atoms with Crippen molar-refractivity contribution in [3.05, 3.63) is 0 Å². The fourth-order valence-corrected chi connectivity index (χ4v) is 1.60. The van der Waals surface area contributed by atoms with Gasteiger partial charge in [0.2, 0.25) is 0 Å². The quantitative estimate of drug-likeness (QED) is 0.562. The molecule has 0 spiro atoms. The number of carbonyl (C=O) groups is 1. The molecule has 1 saturated heterocycles. The van der Waals surface area contributed by atoms with Crippen molar-refractivity contribution in [2.75, 3.05) is 21.3 Å². The molecular formula is C9H16O7. The number of methoxy groups -OCH3 is 3. The molecule has 1 aliphatic rings. The maximum Gasteiger partial charge on any atom is 0.337 e. The summed E-state index contributed by atoms with van der Waals surface area (Å²) in [7, 11) is 3.78. The molecule has 16 heavy (non-hydrogen) atoms. The maximum absolute atomic E-state index is 11.4. The number of aliphatic hydroxyl groups excluding tert-OH is 2. The Hall–Kier alpha value is -0.730. The van der Waals surface area contributed by atoms with Gasteiger partial charge in [0.15, 0.2) is 12.4 Å². The first-order valence-electron chi connectivity index (χ1n) is 4.71. The Morgan fingerprint density at radius 1 is 1.12 bits per heavy atom. The van der Waals surface area contributed by atoms with Crippen LogP contribution in [0.2, 0.25) is 0 Å². The first kappa shape index (κ1) is 13.3.